The molecule has 0 bridgehead atoms. The highest BCUT2D eigenvalue weighted by Crippen LogP contribution is 2.20. The second-order valence-electron chi connectivity index (χ2n) is 11.5. The molecular formula is C31H41N5O6. The summed E-state index contributed by atoms with van der Waals surface area (Å²) in [5.74, 6) is -3.91. The normalized spacial score (nSPS) is 13.4. The van der Waals surface area contributed by atoms with Crippen molar-refractivity contribution in [3.8, 4) is 0 Å². The van der Waals surface area contributed by atoms with Crippen LogP contribution in [0, 0.1) is 11.3 Å². The van der Waals surface area contributed by atoms with Crippen LogP contribution >= 0.6 is 0 Å². The highest BCUT2D eigenvalue weighted by atomic mass is 16.2. The predicted octanol–water partition coefficient (Wildman–Crippen LogP) is 1.50. The molecule has 2 aromatic carbocycles. The topological polar surface area (TPSA) is 177 Å². The maximum absolute atomic E-state index is 13.1. The van der Waals surface area contributed by atoms with Gasteiger partial charge in [-0.05, 0) is 48.1 Å². The van der Waals surface area contributed by atoms with Crippen molar-refractivity contribution in [3.05, 3.63) is 71.3 Å². The van der Waals surface area contributed by atoms with E-state index in [-0.39, 0.29) is 24.8 Å². The van der Waals surface area contributed by atoms with Gasteiger partial charge in [0.25, 0.3) is 11.8 Å². The van der Waals surface area contributed by atoms with Gasteiger partial charge in [-0.1, -0.05) is 65.0 Å². The molecule has 226 valence electrons. The first-order valence-corrected chi connectivity index (χ1v) is 13.7. The van der Waals surface area contributed by atoms with Crippen LogP contribution in [0.2, 0.25) is 0 Å². The van der Waals surface area contributed by atoms with Crippen LogP contribution < -0.4 is 27.0 Å². The molecule has 2 aromatic rings. The number of Topliss-reactive ketones (excluding diaryl/α,β-unsaturated/α-hetero) is 2. The summed E-state index contributed by atoms with van der Waals surface area (Å²) in [6.45, 7) is 10.3. The van der Waals surface area contributed by atoms with Crippen LogP contribution in [0.25, 0.3) is 0 Å². The third-order valence-electron chi connectivity index (χ3n) is 6.64. The van der Waals surface area contributed by atoms with Crippen LogP contribution in [0.1, 0.15) is 67.8 Å². The molecule has 11 heteroatoms. The molecule has 4 amide bonds. The van der Waals surface area contributed by atoms with Crippen molar-refractivity contribution in [2.45, 2.75) is 66.2 Å². The van der Waals surface area contributed by atoms with Gasteiger partial charge in [0.2, 0.25) is 17.6 Å². The number of nitrogens with two attached hydrogens (primary N) is 1. The van der Waals surface area contributed by atoms with Crippen molar-refractivity contribution in [3.63, 3.8) is 0 Å². The molecule has 0 fully saturated rings. The smallest absolute Gasteiger partial charge is 0.289 e. The van der Waals surface area contributed by atoms with E-state index >= 15 is 0 Å². The number of rotatable bonds is 14. The van der Waals surface area contributed by atoms with Gasteiger partial charge in [-0.3, -0.25) is 34.1 Å². The Morgan fingerprint density at radius 1 is 0.810 bits per heavy atom. The molecule has 0 heterocycles. The molecule has 0 aliphatic carbocycles. The lowest BCUT2D eigenvalue weighted by molar-refractivity contribution is -0.141. The Balaban J connectivity index is 1.96. The van der Waals surface area contributed by atoms with E-state index in [9.17, 15) is 28.8 Å². The Morgan fingerprint density at radius 3 is 1.93 bits per heavy atom. The Hall–Kier alpha value is -4.38. The molecule has 0 spiro atoms. The summed E-state index contributed by atoms with van der Waals surface area (Å²) in [4.78, 5) is 75.4. The number of nitrogens with one attached hydrogen (secondary N) is 4. The number of ketones is 2. The molecule has 0 aromatic heterocycles. The van der Waals surface area contributed by atoms with Crippen LogP contribution in [-0.2, 0) is 25.7 Å². The molecule has 0 aliphatic heterocycles. The lowest BCUT2D eigenvalue weighted by Gasteiger charge is -2.31. The fraction of sp³-hybridized carbons (Fsp3) is 0.419. The van der Waals surface area contributed by atoms with Crippen LogP contribution in [0.5, 0.6) is 0 Å². The molecule has 3 atom stereocenters. The Kier molecular flexibility index (Phi) is 12.1. The van der Waals surface area contributed by atoms with Gasteiger partial charge in [-0.25, -0.2) is 0 Å². The first-order chi connectivity index (χ1) is 19.6. The Labute approximate surface area is 246 Å². The van der Waals surface area contributed by atoms with Crippen molar-refractivity contribution in [2.75, 3.05) is 6.54 Å². The lowest BCUT2D eigenvalue weighted by atomic mass is 9.83. The summed E-state index contributed by atoms with van der Waals surface area (Å²) >= 11 is 0. The van der Waals surface area contributed by atoms with E-state index in [4.69, 9.17) is 5.73 Å². The van der Waals surface area contributed by atoms with Crippen molar-refractivity contribution < 1.29 is 28.8 Å². The minimum Gasteiger partial charge on any atom is -0.366 e. The minimum absolute atomic E-state index is 0.0399. The number of carbonyl (C=O) groups excluding carboxylic acids is 6. The standard InChI is InChI=1S/C31H41N5O6/c1-18(2)24(25(38)30(42)34-16-20-12-14-21(15-13-20)27(32)39)35-28(40)19(3)33-17-23(37)26(31(4,5)6)36-29(41)22-10-8-7-9-11-22/h7-15,18-19,24,26,33H,16-17H2,1-6H3,(H2,32,39)(H,34,42)(H,35,40)(H,36,41)/t19-,24-,26+/m0/s1. The van der Waals surface area contributed by atoms with E-state index in [0.717, 1.165) is 0 Å². The molecular weight excluding hydrogens is 538 g/mol. The fourth-order valence-electron chi connectivity index (χ4n) is 4.04. The van der Waals surface area contributed by atoms with E-state index < -0.39 is 53.0 Å². The molecule has 0 unspecified atom stereocenters. The van der Waals surface area contributed by atoms with Crippen molar-refractivity contribution in [2.24, 2.45) is 17.1 Å². The average molecular weight is 580 g/mol. The molecule has 6 N–H and O–H groups in total. The third kappa shape index (κ3) is 9.91. The SMILES string of the molecule is CC(C)[C@H](NC(=O)[C@H](C)NCC(=O)[C@@H](NC(=O)c1ccccc1)C(C)(C)C)C(=O)C(=O)NCc1ccc(C(N)=O)cc1. The predicted molar refractivity (Wildman–Crippen MR) is 158 cm³/mol. The van der Waals surface area contributed by atoms with E-state index in [2.05, 4.69) is 21.3 Å². The summed E-state index contributed by atoms with van der Waals surface area (Å²) < 4.78 is 0. The molecule has 0 radical (unpaired) electrons. The highest BCUT2D eigenvalue weighted by molar-refractivity contribution is 6.38. The zero-order valence-electron chi connectivity index (χ0n) is 24.9. The van der Waals surface area contributed by atoms with Gasteiger partial charge in [0.15, 0.2) is 5.78 Å². The van der Waals surface area contributed by atoms with Crippen LogP contribution in [0.4, 0.5) is 0 Å². The van der Waals surface area contributed by atoms with Crippen molar-refractivity contribution >= 4 is 35.2 Å². The first kappa shape index (κ1) is 33.8. The van der Waals surface area contributed by atoms with E-state index in [1.165, 1.54) is 19.1 Å². The zero-order chi connectivity index (χ0) is 31.6. The summed E-state index contributed by atoms with van der Waals surface area (Å²) in [5.41, 5.74) is 6.03. The maximum Gasteiger partial charge on any atom is 0.289 e. The van der Waals surface area contributed by atoms with Gasteiger partial charge >= 0.3 is 0 Å². The first-order valence-electron chi connectivity index (χ1n) is 13.7. The largest absolute Gasteiger partial charge is 0.366 e. The molecule has 42 heavy (non-hydrogen) atoms. The van der Waals surface area contributed by atoms with Gasteiger partial charge in [0.1, 0.15) is 0 Å². The van der Waals surface area contributed by atoms with Crippen LogP contribution in [0.15, 0.2) is 54.6 Å². The van der Waals surface area contributed by atoms with Crippen LogP contribution in [0.3, 0.4) is 0 Å². The van der Waals surface area contributed by atoms with E-state index in [0.29, 0.717) is 16.7 Å². The van der Waals surface area contributed by atoms with Gasteiger partial charge in [0.05, 0.1) is 24.7 Å². The fourth-order valence-corrected chi connectivity index (χ4v) is 4.04. The third-order valence-corrected chi connectivity index (χ3v) is 6.64. The maximum atomic E-state index is 13.1. The highest BCUT2D eigenvalue weighted by Gasteiger charge is 2.34. The summed E-state index contributed by atoms with van der Waals surface area (Å²) in [7, 11) is 0. The monoisotopic (exact) mass is 579 g/mol. The quantitative estimate of drug-likeness (QED) is 0.211. The van der Waals surface area contributed by atoms with Gasteiger partial charge in [-0.15, -0.1) is 0 Å². The Morgan fingerprint density at radius 2 is 1.40 bits per heavy atom. The second kappa shape index (κ2) is 15.0. The number of benzene rings is 2. The summed E-state index contributed by atoms with van der Waals surface area (Å²) in [6.07, 6.45) is 0. The minimum atomic E-state index is -1.10. The number of amides is 4. The molecule has 0 saturated heterocycles. The molecule has 0 aliphatic rings. The zero-order valence-corrected chi connectivity index (χ0v) is 24.9. The van der Waals surface area contributed by atoms with Crippen molar-refractivity contribution in [1.29, 1.82) is 0 Å². The van der Waals surface area contributed by atoms with Gasteiger partial charge < -0.3 is 21.7 Å². The lowest BCUT2D eigenvalue weighted by Crippen LogP contribution is -2.56. The number of carbonyl (C=O) groups is 6. The van der Waals surface area contributed by atoms with E-state index in [1.54, 1.807) is 56.3 Å². The van der Waals surface area contributed by atoms with Crippen LogP contribution in [-0.4, -0.2) is 59.9 Å². The van der Waals surface area contributed by atoms with Crippen molar-refractivity contribution in [1.82, 2.24) is 21.3 Å². The summed E-state index contributed by atoms with van der Waals surface area (Å²) in [5, 5.41) is 10.8. The average Bonchev–Trinajstić information content (AvgIpc) is 2.95. The molecule has 2 rings (SSSR count). The molecule has 0 saturated carbocycles. The second-order valence-corrected chi connectivity index (χ2v) is 11.5. The van der Waals surface area contributed by atoms with Gasteiger partial charge in [-0.2, -0.15) is 0 Å². The molecule has 11 nitrogen and oxygen atoms in total. The number of hydrogen-bond acceptors (Lipinski definition) is 7. The number of primary amides is 1. The van der Waals surface area contributed by atoms with E-state index in [1.807, 2.05) is 20.8 Å². The summed E-state index contributed by atoms with van der Waals surface area (Å²) in [6, 6.07) is 12.0. The Bertz CT molecular complexity index is 1290. The van der Waals surface area contributed by atoms with Gasteiger partial charge in [0, 0.05) is 17.7 Å². The number of hydrogen-bond donors (Lipinski definition) is 5.